The number of nitrogens with zero attached hydrogens (tertiary/aromatic N) is 9. The normalized spacial score (nSPS) is 18.3. The average molecular weight is 367 g/mol. The number of anilines is 3. The molecule has 0 amide bonds. The smallest absolute Gasteiger partial charge is 0.177 e. The Morgan fingerprint density at radius 2 is 1.44 bits per heavy atom. The van der Waals surface area contributed by atoms with Crippen LogP contribution >= 0.6 is 0 Å². The van der Waals surface area contributed by atoms with Crippen LogP contribution in [0.15, 0.2) is 30.9 Å². The molecular weight excluding hydrogens is 346 g/mol. The predicted octanol–water partition coefficient (Wildman–Crippen LogP) is 0.0775. The number of piperazine rings is 1. The van der Waals surface area contributed by atoms with E-state index in [2.05, 4.69) is 46.0 Å². The third kappa shape index (κ3) is 3.23. The van der Waals surface area contributed by atoms with Crippen LogP contribution in [-0.2, 0) is 4.74 Å². The second kappa shape index (κ2) is 6.95. The van der Waals surface area contributed by atoms with Gasteiger partial charge in [-0.25, -0.2) is 9.97 Å². The molecule has 0 saturated carbocycles. The van der Waals surface area contributed by atoms with Crippen molar-refractivity contribution in [3.63, 3.8) is 0 Å². The number of fused-ring (bicyclic) bond motifs is 1. The van der Waals surface area contributed by atoms with Crippen molar-refractivity contribution in [2.24, 2.45) is 0 Å². The van der Waals surface area contributed by atoms with E-state index in [-0.39, 0.29) is 0 Å². The molecule has 2 aliphatic heterocycles. The van der Waals surface area contributed by atoms with Crippen LogP contribution in [-0.4, -0.2) is 82.3 Å². The summed E-state index contributed by atoms with van der Waals surface area (Å²) in [6, 6.07) is 6.03. The lowest BCUT2D eigenvalue weighted by Gasteiger charge is -2.36. The highest BCUT2D eigenvalue weighted by Gasteiger charge is 2.21. The lowest BCUT2D eigenvalue weighted by Crippen LogP contribution is -2.47. The van der Waals surface area contributed by atoms with Gasteiger partial charge >= 0.3 is 0 Å². The Morgan fingerprint density at radius 1 is 0.778 bits per heavy atom. The largest absolute Gasteiger partial charge is 0.378 e. The van der Waals surface area contributed by atoms with Gasteiger partial charge in [-0.1, -0.05) is 0 Å². The summed E-state index contributed by atoms with van der Waals surface area (Å²) in [5.74, 6) is 2.90. The van der Waals surface area contributed by atoms with Gasteiger partial charge in [0.05, 0.1) is 13.2 Å². The fourth-order valence-electron chi connectivity index (χ4n) is 3.53. The molecule has 0 aliphatic carbocycles. The molecule has 5 heterocycles. The molecule has 0 unspecified atom stereocenters. The van der Waals surface area contributed by atoms with Crippen LogP contribution in [0, 0.1) is 0 Å². The molecule has 27 heavy (non-hydrogen) atoms. The van der Waals surface area contributed by atoms with Crippen LogP contribution in [0.3, 0.4) is 0 Å². The lowest BCUT2D eigenvalue weighted by atomic mass is 10.3. The third-order valence-electron chi connectivity index (χ3n) is 5.05. The second-order valence-corrected chi connectivity index (χ2v) is 6.63. The molecule has 0 bridgehead atoms. The van der Waals surface area contributed by atoms with Gasteiger partial charge in [0, 0.05) is 45.3 Å². The molecule has 0 atom stereocenters. The standard InChI is InChI=1S/C17H21N9O/c1-2-15(22-26-13-20-21-14(1)26)23-3-5-24(6-4-23)16-11-17(19-12-18-16)25-7-9-27-10-8-25/h1-2,11-13H,3-10H2. The third-order valence-corrected chi connectivity index (χ3v) is 5.05. The topological polar surface area (TPSA) is 87.8 Å². The van der Waals surface area contributed by atoms with Crippen LogP contribution in [0.25, 0.3) is 5.65 Å². The molecule has 2 saturated heterocycles. The highest BCUT2D eigenvalue weighted by molar-refractivity contribution is 5.52. The Hall–Kier alpha value is -3.01. The number of morpholine rings is 1. The summed E-state index contributed by atoms with van der Waals surface area (Å²) in [7, 11) is 0. The maximum absolute atomic E-state index is 5.43. The zero-order valence-electron chi connectivity index (χ0n) is 15.0. The van der Waals surface area contributed by atoms with E-state index in [1.54, 1.807) is 17.2 Å². The number of aromatic nitrogens is 6. The SMILES string of the molecule is c1nc(N2CCOCC2)cc(N2CCN(c3ccc4nncn4n3)CC2)n1. The zero-order chi connectivity index (χ0) is 18.1. The number of ether oxygens (including phenoxy) is 1. The molecule has 140 valence electrons. The maximum atomic E-state index is 5.43. The summed E-state index contributed by atoms with van der Waals surface area (Å²) in [5.41, 5.74) is 0.758. The zero-order valence-corrected chi connectivity index (χ0v) is 15.0. The summed E-state index contributed by atoms with van der Waals surface area (Å²) in [4.78, 5) is 15.8. The van der Waals surface area contributed by atoms with Gasteiger partial charge in [-0.3, -0.25) is 0 Å². The summed E-state index contributed by atoms with van der Waals surface area (Å²) in [6.07, 6.45) is 3.29. The van der Waals surface area contributed by atoms with Crippen molar-refractivity contribution in [2.75, 3.05) is 67.2 Å². The molecule has 2 fully saturated rings. The molecule has 2 aliphatic rings. The maximum Gasteiger partial charge on any atom is 0.177 e. The number of hydrogen-bond donors (Lipinski definition) is 0. The van der Waals surface area contributed by atoms with Gasteiger partial charge in [-0.2, -0.15) is 4.52 Å². The summed E-state index contributed by atoms with van der Waals surface area (Å²) in [5, 5.41) is 12.5. The van der Waals surface area contributed by atoms with Crippen molar-refractivity contribution in [3.8, 4) is 0 Å². The molecular formula is C17H21N9O. The van der Waals surface area contributed by atoms with E-state index in [9.17, 15) is 0 Å². The Kier molecular flexibility index (Phi) is 4.17. The highest BCUT2D eigenvalue weighted by atomic mass is 16.5. The van der Waals surface area contributed by atoms with Gasteiger partial charge in [0.15, 0.2) is 5.65 Å². The Balaban J connectivity index is 1.27. The quantitative estimate of drug-likeness (QED) is 0.638. The van der Waals surface area contributed by atoms with Crippen molar-refractivity contribution < 1.29 is 4.74 Å². The Labute approximate surface area is 156 Å². The Bertz CT molecular complexity index is 915. The first-order chi connectivity index (χ1) is 13.4. The molecule has 0 N–H and O–H groups in total. The highest BCUT2D eigenvalue weighted by Crippen LogP contribution is 2.21. The van der Waals surface area contributed by atoms with E-state index in [1.165, 1.54) is 0 Å². The molecule has 3 aromatic heterocycles. The summed E-state index contributed by atoms with van der Waals surface area (Å²) < 4.78 is 7.14. The van der Waals surface area contributed by atoms with Gasteiger partial charge in [-0.05, 0) is 12.1 Å². The van der Waals surface area contributed by atoms with Gasteiger partial charge in [0.1, 0.15) is 30.1 Å². The van der Waals surface area contributed by atoms with E-state index in [4.69, 9.17) is 4.74 Å². The average Bonchev–Trinajstić information content (AvgIpc) is 3.22. The van der Waals surface area contributed by atoms with Crippen LogP contribution in [0.2, 0.25) is 0 Å². The first-order valence-electron chi connectivity index (χ1n) is 9.18. The van der Waals surface area contributed by atoms with Crippen molar-refractivity contribution in [1.29, 1.82) is 0 Å². The molecule has 5 rings (SSSR count). The van der Waals surface area contributed by atoms with Crippen LogP contribution in [0.4, 0.5) is 17.5 Å². The summed E-state index contributed by atoms with van der Waals surface area (Å²) in [6.45, 7) is 6.81. The van der Waals surface area contributed by atoms with E-state index >= 15 is 0 Å². The van der Waals surface area contributed by atoms with Gasteiger partial charge in [0.2, 0.25) is 0 Å². The van der Waals surface area contributed by atoms with Crippen molar-refractivity contribution in [1.82, 2.24) is 29.8 Å². The molecule has 10 nitrogen and oxygen atoms in total. The van der Waals surface area contributed by atoms with Crippen molar-refractivity contribution in [3.05, 3.63) is 30.9 Å². The van der Waals surface area contributed by atoms with E-state index < -0.39 is 0 Å². The van der Waals surface area contributed by atoms with Gasteiger partial charge < -0.3 is 19.4 Å². The van der Waals surface area contributed by atoms with E-state index in [0.29, 0.717) is 0 Å². The van der Waals surface area contributed by atoms with Crippen LogP contribution in [0.1, 0.15) is 0 Å². The van der Waals surface area contributed by atoms with Crippen molar-refractivity contribution in [2.45, 2.75) is 0 Å². The van der Waals surface area contributed by atoms with Gasteiger partial charge in [0.25, 0.3) is 0 Å². The monoisotopic (exact) mass is 367 g/mol. The minimum Gasteiger partial charge on any atom is -0.378 e. The van der Waals surface area contributed by atoms with E-state index in [0.717, 1.165) is 75.6 Å². The molecule has 10 heteroatoms. The van der Waals surface area contributed by atoms with Crippen LogP contribution < -0.4 is 14.7 Å². The number of hydrogen-bond acceptors (Lipinski definition) is 9. The second-order valence-electron chi connectivity index (χ2n) is 6.63. The lowest BCUT2D eigenvalue weighted by molar-refractivity contribution is 0.122. The minimum absolute atomic E-state index is 0.752. The number of rotatable bonds is 3. The van der Waals surface area contributed by atoms with Gasteiger partial charge in [-0.15, -0.1) is 15.3 Å². The molecule has 0 aromatic carbocycles. The van der Waals surface area contributed by atoms with Crippen LogP contribution in [0.5, 0.6) is 0 Å². The molecule has 0 radical (unpaired) electrons. The molecule has 0 spiro atoms. The Morgan fingerprint density at radius 3 is 2.19 bits per heavy atom. The minimum atomic E-state index is 0.752. The first-order valence-corrected chi connectivity index (χ1v) is 9.18. The fourth-order valence-corrected chi connectivity index (χ4v) is 3.53. The first kappa shape index (κ1) is 16.2. The predicted molar refractivity (Wildman–Crippen MR) is 100 cm³/mol. The molecule has 3 aromatic rings. The van der Waals surface area contributed by atoms with Crippen molar-refractivity contribution >= 4 is 23.1 Å². The fraction of sp³-hybridized carbons (Fsp3) is 0.471. The van der Waals surface area contributed by atoms with E-state index in [1.807, 2.05) is 12.1 Å². The summed E-state index contributed by atoms with van der Waals surface area (Å²) >= 11 is 0.